The molecule has 2 aromatic carbocycles. The molecule has 0 saturated heterocycles. The van der Waals surface area contributed by atoms with Crippen LogP contribution in [0.1, 0.15) is 16.1 Å². The molecule has 0 fully saturated rings. The zero-order valence-electron chi connectivity index (χ0n) is 12.5. The summed E-state index contributed by atoms with van der Waals surface area (Å²) in [5.41, 5.74) is 6.09. The Balaban J connectivity index is 2.23. The molecule has 0 aliphatic heterocycles. The molecule has 3 N–H and O–H groups in total. The van der Waals surface area contributed by atoms with Gasteiger partial charge in [-0.15, -0.1) is 0 Å². The first-order valence-electron chi connectivity index (χ1n) is 7.01. The molecule has 1 aromatic heterocycles. The molecule has 0 atom stereocenters. The van der Waals surface area contributed by atoms with Crippen LogP contribution >= 0.6 is 15.9 Å². The van der Waals surface area contributed by atoms with E-state index in [0.717, 1.165) is 21.3 Å². The Kier molecular flexibility index (Phi) is 4.27. The van der Waals surface area contributed by atoms with Crippen molar-refractivity contribution < 1.29 is 4.79 Å². The summed E-state index contributed by atoms with van der Waals surface area (Å²) in [5.74, 6) is 4.87. The predicted molar refractivity (Wildman–Crippen MR) is 93.1 cm³/mol. The van der Waals surface area contributed by atoms with Gasteiger partial charge < -0.3 is 0 Å². The smallest absolute Gasteiger partial charge is 0.286 e. The van der Waals surface area contributed by atoms with Crippen LogP contribution in [0, 0.1) is 6.92 Å². The van der Waals surface area contributed by atoms with E-state index in [-0.39, 0.29) is 5.69 Å². The van der Waals surface area contributed by atoms with Crippen molar-refractivity contribution in [1.82, 2.24) is 15.0 Å². The second-order valence-electron chi connectivity index (χ2n) is 5.13. The fourth-order valence-corrected chi connectivity index (χ4v) is 2.78. The molecule has 0 unspecified atom stereocenters. The number of hydrogen-bond donors (Lipinski definition) is 2. The van der Waals surface area contributed by atoms with Gasteiger partial charge in [0.05, 0.1) is 5.69 Å². The number of carbonyl (C=O) groups is 1. The average Bonchev–Trinajstić information content (AvgIpc) is 3.00. The topological polar surface area (TPSA) is 72.9 Å². The average molecular weight is 371 g/mol. The number of nitrogens with zero attached hydrogens (tertiary/aromatic N) is 2. The van der Waals surface area contributed by atoms with Crippen molar-refractivity contribution in [3.8, 4) is 16.9 Å². The Morgan fingerprint density at radius 3 is 2.61 bits per heavy atom. The lowest BCUT2D eigenvalue weighted by molar-refractivity contribution is 0.0950. The number of nitrogens with one attached hydrogen (secondary N) is 1. The summed E-state index contributed by atoms with van der Waals surface area (Å²) >= 11 is 3.47. The highest BCUT2D eigenvalue weighted by atomic mass is 79.9. The lowest BCUT2D eigenvalue weighted by atomic mass is 10.1. The summed E-state index contributed by atoms with van der Waals surface area (Å²) in [5, 5.41) is 0. The summed E-state index contributed by atoms with van der Waals surface area (Å²) in [7, 11) is 0. The van der Waals surface area contributed by atoms with Gasteiger partial charge in [0.1, 0.15) is 6.33 Å². The maximum absolute atomic E-state index is 12.1. The third kappa shape index (κ3) is 3.04. The van der Waals surface area contributed by atoms with Gasteiger partial charge >= 0.3 is 0 Å². The van der Waals surface area contributed by atoms with Crippen molar-refractivity contribution in [1.29, 1.82) is 0 Å². The lowest BCUT2D eigenvalue weighted by Crippen LogP contribution is -2.30. The Labute approximate surface area is 142 Å². The van der Waals surface area contributed by atoms with Crippen LogP contribution in [0.5, 0.6) is 0 Å². The monoisotopic (exact) mass is 370 g/mol. The molecule has 0 aliphatic rings. The number of imidazole rings is 1. The number of nitrogens with two attached hydrogens (primary N) is 1. The van der Waals surface area contributed by atoms with Crippen molar-refractivity contribution in [2.24, 2.45) is 5.84 Å². The van der Waals surface area contributed by atoms with Crippen molar-refractivity contribution in [3.63, 3.8) is 0 Å². The van der Waals surface area contributed by atoms with Gasteiger partial charge in [0, 0.05) is 15.7 Å². The van der Waals surface area contributed by atoms with Gasteiger partial charge in [-0.2, -0.15) is 0 Å². The molecular formula is C17H15BrN4O. The highest BCUT2D eigenvalue weighted by Gasteiger charge is 2.19. The second kappa shape index (κ2) is 6.36. The van der Waals surface area contributed by atoms with Gasteiger partial charge in [0.15, 0.2) is 5.69 Å². The maximum Gasteiger partial charge on any atom is 0.286 e. The molecule has 116 valence electrons. The van der Waals surface area contributed by atoms with E-state index in [1.165, 1.54) is 0 Å². The Hall–Kier alpha value is -2.44. The van der Waals surface area contributed by atoms with E-state index in [0.29, 0.717) is 5.69 Å². The highest BCUT2D eigenvalue weighted by Crippen LogP contribution is 2.28. The molecule has 0 saturated carbocycles. The molecule has 0 spiro atoms. The molecular weight excluding hydrogens is 356 g/mol. The number of aromatic nitrogens is 2. The standard InChI is InChI=1S/C17H15BrN4O/c1-11-5-7-12(8-6-11)16-15(17(23)21-19)20-10-22(16)14-4-2-3-13(18)9-14/h2-10H,19H2,1H3,(H,21,23). The van der Waals surface area contributed by atoms with Crippen molar-refractivity contribution >= 4 is 21.8 Å². The SMILES string of the molecule is Cc1ccc(-c2c(C(=O)NN)ncn2-c2cccc(Br)c2)cc1. The van der Waals surface area contributed by atoms with E-state index in [2.05, 4.69) is 26.3 Å². The first-order valence-corrected chi connectivity index (χ1v) is 7.80. The Bertz CT molecular complexity index is 855. The van der Waals surface area contributed by atoms with Crippen molar-refractivity contribution in [2.45, 2.75) is 6.92 Å². The summed E-state index contributed by atoms with van der Waals surface area (Å²) in [6, 6.07) is 15.7. The van der Waals surface area contributed by atoms with Crippen LogP contribution < -0.4 is 11.3 Å². The van der Waals surface area contributed by atoms with E-state index >= 15 is 0 Å². The molecule has 0 aliphatic carbocycles. The van der Waals surface area contributed by atoms with Crippen LogP contribution in [-0.2, 0) is 0 Å². The number of rotatable bonds is 3. The zero-order chi connectivity index (χ0) is 16.4. The van der Waals surface area contributed by atoms with E-state index < -0.39 is 5.91 Å². The number of benzene rings is 2. The molecule has 1 amide bonds. The van der Waals surface area contributed by atoms with E-state index in [1.807, 2.05) is 60.0 Å². The van der Waals surface area contributed by atoms with Crippen molar-refractivity contribution in [2.75, 3.05) is 0 Å². The van der Waals surface area contributed by atoms with Crippen LogP contribution in [0.25, 0.3) is 16.9 Å². The quantitative estimate of drug-likeness (QED) is 0.422. The molecule has 3 aromatic rings. The van der Waals surface area contributed by atoms with Crippen LogP contribution in [0.2, 0.25) is 0 Å². The van der Waals surface area contributed by atoms with Gasteiger partial charge in [0.25, 0.3) is 5.91 Å². The zero-order valence-corrected chi connectivity index (χ0v) is 14.0. The number of amides is 1. The molecule has 1 heterocycles. The van der Waals surface area contributed by atoms with Gasteiger partial charge in [-0.3, -0.25) is 14.8 Å². The fourth-order valence-electron chi connectivity index (χ4n) is 2.39. The number of nitrogen functional groups attached to an aromatic ring is 1. The number of hydrazine groups is 1. The first kappa shape index (κ1) is 15.5. The number of halogens is 1. The maximum atomic E-state index is 12.1. The number of carbonyl (C=O) groups excluding carboxylic acids is 1. The minimum absolute atomic E-state index is 0.288. The van der Waals surface area contributed by atoms with Gasteiger partial charge in [-0.1, -0.05) is 51.8 Å². The summed E-state index contributed by atoms with van der Waals surface area (Å²) in [6.07, 6.45) is 1.63. The van der Waals surface area contributed by atoms with E-state index in [9.17, 15) is 4.79 Å². The van der Waals surface area contributed by atoms with Crippen LogP contribution in [0.15, 0.2) is 59.3 Å². The number of hydrogen-bond acceptors (Lipinski definition) is 3. The van der Waals surface area contributed by atoms with E-state index in [4.69, 9.17) is 5.84 Å². The molecule has 0 radical (unpaired) electrons. The van der Waals surface area contributed by atoms with Crippen LogP contribution in [0.4, 0.5) is 0 Å². The second-order valence-corrected chi connectivity index (χ2v) is 6.05. The number of aryl methyl sites for hydroxylation is 1. The Morgan fingerprint density at radius 1 is 1.22 bits per heavy atom. The van der Waals surface area contributed by atoms with Crippen LogP contribution in [-0.4, -0.2) is 15.5 Å². The summed E-state index contributed by atoms with van der Waals surface area (Å²) in [4.78, 5) is 16.3. The molecule has 3 rings (SSSR count). The van der Waals surface area contributed by atoms with Crippen LogP contribution in [0.3, 0.4) is 0 Å². The molecule has 0 bridgehead atoms. The Morgan fingerprint density at radius 2 is 1.96 bits per heavy atom. The third-order valence-corrected chi connectivity index (χ3v) is 4.02. The largest absolute Gasteiger partial charge is 0.298 e. The summed E-state index contributed by atoms with van der Waals surface area (Å²) in [6.45, 7) is 2.02. The summed E-state index contributed by atoms with van der Waals surface area (Å²) < 4.78 is 2.82. The van der Waals surface area contributed by atoms with Crippen molar-refractivity contribution in [3.05, 3.63) is 70.6 Å². The normalized spacial score (nSPS) is 10.6. The third-order valence-electron chi connectivity index (χ3n) is 3.53. The molecule has 6 heteroatoms. The van der Waals surface area contributed by atoms with Gasteiger partial charge in [0.2, 0.25) is 0 Å². The minimum Gasteiger partial charge on any atom is -0.298 e. The first-order chi connectivity index (χ1) is 11.1. The van der Waals surface area contributed by atoms with E-state index in [1.54, 1.807) is 6.33 Å². The van der Waals surface area contributed by atoms with Gasteiger partial charge in [-0.25, -0.2) is 10.8 Å². The predicted octanol–water partition coefficient (Wildman–Crippen LogP) is 3.21. The highest BCUT2D eigenvalue weighted by molar-refractivity contribution is 9.10. The lowest BCUT2D eigenvalue weighted by Gasteiger charge is -2.11. The van der Waals surface area contributed by atoms with Gasteiger partial charge in [-0.05, 0) is 25.1 Å². The molecule has 23 heavy (non-hydrogen) atoms. The fraction of sp³-hybridized carbons (Fsp3) is 0.0588. The molecule has 5 nitrogen and oxygen atoms in total. The minimum atomic E-state index is -0.422.